The lowest BCUT2D eigenvalue weighted by atomic mass is 9.94. The van der Waals surface area contributed by atoms with Gasteiger partial charge in [-0.3, -0.25) is 0 Å². The summed E-state index contributed by atoms with van der Waals surface area (Å²) in [6.07, 6.45) is 3.01. The molecule has 1 aromatic rings. The van der Waals surface area contributed by atoms with Crippen LogP contribution in [0.3, 0.4) is 0 Å². The maximum atomic E-state index is 11.2. The molecule has 3 rings (SSSR count). The van der Waals surface area contributed by atoms with E-state index in [-0.39, 0.29) is 5.76 Å². The van der Waals surface area contributed by atoms with E-state index in [1.54, 1.807) is 43.5 Å². The Kier molecular flexibility index (Phi) is 3.83. The van der Waals surface area contributed by atoms with Crippen molar-refractivity contribution in [1.29, 1.82) is 0 Å². The zero-order valence-electron chi connectivity index (χ0n) is 12.6. The molecule has 0 saturated heterocycles. The van der Waals surface area contributed by atoms with E-state index in [0.29, 0.717) is 21.9 Å². The van der Waals surface area contributed by atoms with Crippen LogP contribution < -0.4 is 15.2 Å². The first kappa shape index (κ1) is 15.2. The molecule has 0 radical (unpaired) electrons. The molecule has 1 aliphatic carbocycles. The van der Waals surface area contributed by atoms with Crippen LogP contribution in [0.4, 0.5) is 0 Å². The third-order valence-corrected chi connectivity index (χ3v) is 3.82. The Morgan fingerprint density at radius 2 is 2.09 bits per heavy atom. The van der Waals surface area contributed by atoms with Crippen LogP contribution in [0.5, 0.6) is 5.75 Å². The molecule has 0 amide bonds. The molecule has 1 heterocycles. The van der Waals surface area contributed by atoms with E-state index in [2.05, 4.69) is 0 Å². The van der Waals surface area contributed by atoms with E-state index in [0.717, 1.165) is 5.57 Å². The van der Waals surface area contributed by atoms with Gasteiger partial charge in [0.15, 0.2) is 0 Å². The number of carboxylic acid groups (broad SMARTS) is 1. The standard InChI is InChI=1S/C17H16O6/c1-21-10-6-3-5-9-13(10)14-11(22-2)7-4-8-12(14)23-16(9)15(18)17(19)20/h3-8,12,15,18H,1-2H3,(H,19,20). The van der Waals surface area contributed by atoms with E-state index in [4.69, 9.17) is 19.3 Å². The summed E-state index contributed by atoms with van der Waals surface area (Å²) in [4.78, 5) is 11.2. The Bertz CT molecular complexity index is 833. The third-order valence-electron chi connectivity index (χ3n) is 3.82. The highest BCUT2D eigenvalue weighted by Gasteiger charge is 2.32. The number of ether oxygens (including phenoxy) is 3. The molecule has 120 valence electrons. The molecule has 1 aliphatic heterocycles. The van der Waals surface area contributed by atoms with Crippen molar-refractivity contribution in [3.8, 4) is 5.75 Å². The van der Waals surface area contributed by atoms with Gasteiger partial charge < -0.3 is 24.4 Å². The Morgan fingerprint density at radius 1 is 1.30 bits per heavy atom. The first-order chi connectivity index (χ1) is 11.1. The van der Waals surface area contributed by atoms with Crippen LogP contribution in [0.25, 0.3) is 11.3 Å². The molecule has 1 aromatic carbocycles. The third kappa shape index (κ3) is 2.37. The number of carboxylic acids is 1. The number of hydrogen-bond acceptors (Lipinski definition) is 5. The number of rotatable bonds is 4. The second kappa shape index (κ2) is 5.81. The quantitative estimate of drug-likeness (QED) is 0.807. The van der Waals surface area contributed by atoms with Crippen LogP contribution in [-0.4, -0.2) is 42.6 Å². The molecular weight excluding hydrogens is 300 g/mol. The maximum Gasteiger partial charge on any atom is 0.340 e. The molecule has 0 bridgehead atoms. The van der Waals surface area contributed by atoms with Crippen molar-refractivity contribution in [3.63, 3.8) is 0 Å². The zero-order valence-corrected chi connectivity index (χ0v) is 12.6. The molecule has 6 heteroatoms. The summed E-state index contributed by atoms with van der Waals surface area (Å²) >= 11 is 0. The summed E-state index contributed by atoms with van der Waals surface area (Å²) in [6.45, 7) is 0. The van der Waals surface area contributed by atoms with Gasteiger partial charge in [-0.25, -0.2) is 4.79 Å². The van der Waals surface area contributed by atoms with Gasteiger partial charge in [0.25, 0.3) is 0 Å². The van der Waals surface area contributed by atoms with Crippen molar-refractivity contribution >= 4 is 17.3 Å². The molecule has 23 heavy (non-hydrogen) atoms. The average molecular weight is 316 g/mol. The predicted octanol–water partition coefficient (Wildman–Crippen LogP) is -0.102. The van der Waals surface area contributed by atoms with Gasteiger partial charge in [-0.2, -0.15) is 0 Å². The molecule has 2 atom stereocenters. The van der Waals surface area contributed by atoms with Gasteiger partial charge in [-0.1, -0.05) is 18.2 Å². The van der Waals surface area contributed by atoms with Crippen molar-refractivity contribution in [2.75, 3.05) is 14.2 Å². The van der Waals surface area contributed by atoms with Crippen LogP contribution >= 0.6 is 0 Å². The van der Waals surface area contributed by atoms with Gasteiger partial charge in [-0.05, 0) is 18.2 Å². The topological polar surface area (TPSA) is 85.2 Å². The van der Waals surface area contributed by atoms with Crippen LogP contribution in [-0.2, 0) is 14.3 Å². The monoisotopic (exact) mass is 316 g/mol. The average Bonchev–Trinajstić information content (AvgIpc) is 2.58. The number of aliphatic carboxylic acids is 1. The van der Waals surface area contributed by atoms with Crippen LogP contribution in [0.1, 0.15) is 0 Å². The molecule has 0 fully saturated rings. The number of methoxy groups -OCH3 is 2. The molecular formula is C17H16O6. The van der Waals surface area contributed by atoms with Crippen molar-refractivity contribution in [1.82, 2.24) is 0 Å². The van der Waals surface area contributed by atoms with E-state index in [1.165, 1.54) is 7.11 Å². The summed E-state index contributed by atoms with van der Waals surface area (Å²) in [6, 6.07) is 5.17. The Hall–Kier alpha value is -2.73. The van der Waals surface area contributed by atoms with Crippen LogP contribution in [0, 0.1) is 0 Å². The fourth-order valence-corrected chi connectivity index (χ4v) is 2.82. The molecule has 2 N–H and O–H groups in total. The largest absolute Gasteiger partial charge is 0.496 e. The second-order valence-electron chi connectivity index (χ2n) is 5.06. The first-order valence-corrected chi connectivity index (χ1v) is 7.00. The molecule has 2 aliphatic rings. The lowest BCUT2D eigenvalue weighted by Gasteiger charge is -2.29. The number of aliphatic hydroxyl groups is 1. The van der Waals surface area contributed by atoms with E-state index < -0.39 is 18.2 Å². The van der Waals surface area contributed by atoms with Crippen LogP contribution in [0.2, 0.25) is 0 Å². The van der Waals surface area contributed by atoms with Gasteiger partial charge in [0.1, 0.15) is 23.4 Å². The second-order valence-corrected chi connectivity index (χ2v) is 5.06. The van der Waals surface area contributed by atoms with Crippen molar-refractivity contribution in [3.05, 3.63) is 52.6 Å². The Balaban J connectivity index is 2.45. The maximum absolute atomic E-state index is 11.2. The van der Waals surface area contributed by atoms with Gasteiger partial charge in [0, 0.05) is 10.4 Å². The lowest BCUT2D eigenvalue weighted by molar-refractivity contribution is -0.144. The summed E-state index contributed by atoms with van der Waals surface area (Å²) in [5.74, 6) is -0.229. The molecule has 2 unspecified atom stereocenters. The van der Waals surface area contributed by atoms with Gasteiger partial charge in [0.2, 0.25) is 6.10 Å². The van der Waals surface area contributed by atoms with Gasteiger partial charge in [-0.15, -0.1) is 0 Å². The van der Waals surface area contributed by atoms with Crippen molar-refractivity contribution < 1.29 is 29.2 Å². The minimum atomic E-state index is -1.76. The minimum absolute atomic E-state index is 0.0119. The predicted molar refractivity (Wildman–Crippen MR) is 81.8 cm³/mol. The SMILES string of the molecule is COC1=CC=CC2OC(C(O)C(=O)O)=c3cccc(OC)c3=C12. The first-order valence-electron chi connectivity index (χ1n) is 7.00. The highest BCUT2D eigenvalue weighted by Crippen LogP contribution is 2.29. The van der Waals surface area contributed by atoms with Gasteiger partial charge >= 0.3 is 5.97 Å². The summed E-state index contributed by atoms with van der Waals surface area (Å²) < 4.78 is 16.6. The number of aliphatic hydroxyl groups excluding tert-OH is 1. The number of allylic oxidation sites excluding steroid dienone is 2. The zero-order chi connectivity index (χ0) is 16.6. The molecule has 0 spiro atoms. The van der Waals surface area contributed by atoms with Gasteiger partial charge in [0.05, 0.1) is 19.8 Å². The summed E-state index contributed by atoms with van der Waals surface area (Å²) in [7, 11) is 3.08. The number of benzene rings is 1. The minimum Gasteiger partial charge on any atom is -0.496 e. The highest BCUT2D eigenvalue weighted by molar-refractivity contribution is 5.84. The van der Waals surface area contributed by atoms with E-state index in [1.807, 2.05) is 0 Å². The Labute approximate surface area is 132 Å². The molecule has 0 saturated carbocycles. The van der Waals surface area contributed by atoms with Crippen molar-refractivity contribution in [2.45, 2.75) is 12.2 Å². The smallest absolute Gasteiger partial charge is 0.340 e. The highest BCUT2D eigenvalue weighted by atomic mass is 16.5. The Morgan fingerprint density at radius 3 is 2.74 bits per heavy atom. The van der Waals surface area contributed by atoms with Crippen LogP contribution in [0.15, 0.2) is 42.2 Å². The fraction of sp³-hybridized carbons (Fsp3) is 0.235. The number of hydrogen-bond donors (Lipinski definition) is 2. The normalized spacial score (nSPS) is 20.0. The summed E-state index contributed by atoms with van der Waals surface area (Å²) in [5.41, 5.74) is 0.740. The fourth-order valence-electron chi connectivity index (χ4n) is 2.82. The van der Waals surface area contributed by atoms with E-state index >= 15 is 0 Å². The summed E-state index contributed by atoms with van der Waals surface area (Å²) in [5, 5.41) is 20.3. The molecule has 6 nitrogen and oxygen atoms in total. The number of carbonyl (C=O) groups is 1. The number of fused-ring (bicyclic) bond motifs is 2. The lowest BCUT2D eigenvalue weighted by Crippen LogP contribution is -2.44. The molecule has 0 aromatic heterocycles. The van der Waals surface area contributed by atoms with E-state index in [9.17, 15) is 9.90 Å². The van der Waals surface area contributed by atoms with Crippen molar-refractivity contribution in [2.24, 2.45) is 0 Å².